The first-order valence-electron chi connectivity index (χ1n) is 5.56. The van der Waals surface area contributed by atoms with E-state index in [4.69, 9.17) is 11.6 Å². The molecule has 1 amide bonds. The zero-order valence-corrected chi connectivity index (χ0v) is 9.94. The molecule has 1 N–H and O–H groups in total. The van der Waals surface area contributed by atoms with Gasteiger partial charge in [-0.2, -0.15) is 5.10 Å². The standard InChI is InChI=1S/C12H12ClN3O/c13-10-4-12(17)16(7-10)6-8-1-2-11-9(3-8)5-14-15-11/h1-3,5,10H,4,6-7H2,(H,14,15). The molecule has 0 radical (unpaired) electrons. The van der Waals surface area contributed by atoms with Gasteiger partial charge in [-0.15, -0.1) is 11.6 Å². The topological polar surface area (TPSA) is 49.0 Å². The Bertz CT molecular complexity index is 566. The van der Waals surface area contributed by atoms with Gasteiger partial charge in [0.2, 0.25) is 5.91 Å². The highest BCUT2D eigenvalue weighted by atomic mass is 35.5. The second kappa shape index (κ2) is 4.04. The normalized spacial score (nSPS) is 20.4. The van der Waals surface area contributed by atoms with Gasteiger partial charge >= 0.3 is 0 Å². The van der Waals surface area contributed by atoms with E-state index in [1.54, 1.807) is 11.1 Å². The average Bonchev–Trinajstić information content (AvgIpc) is 2.85. The maximum Gasteiger partial charge on any atom is 0.224 e. The number of amides is 1. The predicted octanol–water partition coefficient (Wildman–Crippen LogP) is 1.90. The fourth-order valence-electron chi connectivity index (χ4n) is 2.19. The Morgan fingerprint density at radius 2 is 2.41 bits per heavy atom. The van der Waals surface area contributed by atoms with Gasteiger partial charge in [0, 0.05) is 24.9 Å². The van der Waals surface area contributed by atoms with Crippen molar-refractivity contribution in [1.29, 1.82) is 0 Å². The third kappa shape index (κ3) is 2.00. The number of hydrogen-bond donors (Lipinski definition) is 1. The zero-order chi connectivity index (χ0) is 11.8. The van der Waals surface area contributed by atoms with Crippen LogP contribution in [0.2, 0.25) is 0 Å². The Labute approximate surface area is 104 Å². The highest BCUT2D eigenvalue weighted by Crippen LogP contribution is 2.20. The Morgan fingerprint density at radius 1 is 1.53 bits per heavy atom. The molecular formula is C12H12ClN3O. The minimum absolute atomic E-state index is 0.0415. The Balaban J connectivity index is 1.82. The number of fused-ring (bicyclic) bond motifs is 1. The number of aromatic nitrogens is 2. The van der Waals surface area contributed by atoms with Crippen LogP contribution in [0.4, 0.5) is 0 Å². The van der Waals surface area contributed by atoms with Crippen LogP contribution in [0.1, 0.15) is 12.0 Å². The molecule has 1 aliphatic rings. The van der Waals surface area contributed by atoms with Crippen molar-refractivity contribution >= 4 is 28.4 Å². The summed E-state index contributed by atoms with van der Waals surface area (Å²) in [5.41, 5.74) is 2.12. The number of nitrogens with zero attached hydrogens (tertiary/aromatic N) is 2. The number of nitrogens with one attached hydrogen (secondary N) is 1. The Kier molecular flexibility index (Phi) is 2.52. The summed E-state index contributed by atoms with van der Waals surface area (Å²) in [6.07, 6.45) is 2.24. The molecular weight excluding hydrogens is 238 g/mol. The van der Waals surface area contributed by atoms with E-state index in [-0.39, 0.29) is 11.3 Å². The maximum absolute atomic E-state index is 11.6. The van der Waals surface area contributed by atoms with Crippen LogP contribution in [0.3, 0.4) is 0 Å². The van der Waals surface area contributed by atoms with Crippen molar-refractivity contribution in [1.82, 2.24) is 15.1 Å². The van der Waals surface area contributed by atoms with Crippen molar-refractivity contribution < 1.29 is 4.79 Å². The molecule has 0 spiro atoms. The lowest BCUT2D eigenvalue weighted by atomic mass is 10.1. The number of alkyl halides is 1. The van der Waals surface area contributed by atoms with Crippen LogP contribution in [0.15, 0.2) is 24.4 Å². The van der Waals surface area contributed by atoms with Crippen LogP contribution in [0, 0.1) is 0 Å². The van der Waals surface area contributed by atoms with Crippen LogP contribution >= 0.6 is 11.6 Å². The van der Waals surface area contributed by atoms with Crippen molar-refractivity contribution in [3.05, 3.63) is 30.0 Å². The van der Waals surface area contributed by atoms with Gasteiger partial charge in [0.05, 0.1) is 17.1 Å². The summed E-state index contributed by atoms with van der Waals surface area (Å²) in [5.74, 6) is 0.136. The fourth-order valence-corrected chi connectivity index (χ4v) is 2.49. The third-order valence-electron chi connectivity index (χ3n) is 3.05. The van der Waals surface area contributed by atoms with E-state index < -0.39 is 0 Å². The molecule has 1 atom stereocenters. The second-order valence-corrected chi connectivity index (χ2v) is 4.98. The van der Waals surface area contributed by atoms with Crippen LogP contribution in [-0.4, -0.2) is 32.9 Å². The number of carbonyl (C=O) groups excluding carboxylic acids is 1. The minimum Gasteiger partial charge on any atom is -0.337 e. The number of carbonyl (C=O) groups is 1. The number of rotatable bonds is 2. The quantitative estimate of drug-likeness (QED) is 0.827. The average molecular weight is 250 g/mol. The van der Waals surface area contributed by atoms with Crippen molar-refractivity contribution in [3.8, 4) is 0 Å². The third-order valence-corrected chi connectivity index (χ3v) is 3.34. The number of H-pyrrole nitrogens is 1. The molecule has 1 unspecified atom stereocenters. The molecule has 1 aromatic heterocycles. The van der Waals surface area contributed by atoms with E-state index >= 15 is 0 Å². The van der Waals surface area contributed by atoms with Gasteiger partial charge in [0.1, 0.15) is 0 Å². The smallest absolute Gasteiger partial charge is 0.224 e. The lowest BCUT2D eigenvalue weighted by Crippen LogP contribution is -2.24. The van der Waals surface area contributed by atoms with Crippen molar-refractivity contribution in [2.45, 2.75) is 18.3 Å². The van der Waals surface area contributed by atoms with Crippen LogP contribution in [0.25, 0.3) is 10.9 Å². The monoisotopic (exact) mass is 249 g/mol. The second-order valence-electron chi connectivity index (χ2n) is 4.37. The largest absolute Gasteiger partial charge is 0.337 e. The molecule has 1 saturated heterocycles. The highest BCUT2D eigenvalue weighted by molar-refractivity contribution is 6.22. The summed E-state index contributed by atoms with van der Waals surface area (Å²) >= 11 is 5.97. The van der Waals surface area contributed by atoms with Crippen molar-refractivity contribution in [2.75, 3.05) is 6.54 Å². The summed E-state index contributed by atoms with van der Waals surface area (Å²) in [6, 6.07) is 6.04. The zero-order valence-electron chi connectivity index (χ0n) is 9.19. The Hall–Kier alpha value is -1.55. The molecule has 4 nitrogen and oxygen atoms in total. The van der Waals surface area contributed by atoms with E-state index in [1.807, 2.05) is 18.2 Å². The molecule has 1 aliphatic heterocycles. The first kappa shape index (κ1) is 10.6. The molecule has 2 heterocycles. The van der Waals surface area contributed by atoms with Gasteiger partial charge in [-0.1, -0.05) is 6.07 Å². The number of likely N-dealkylation sites (tertiary alicyclic amines) is 1. The number of aromatic amines is 1. The van der Waals surface area contributed by atoms with Crippen molar-refractivity contribution in [3.63, 3.8) is 0 Å². The van der Waals surface area contributed by atoms with Gasteiger partial charge in [-0.3, -0.25) is 9.89 Å². The van der Waals surface area contributed by atoms with Gasteiger partial charge < -0.3 is 4.90 Å². The maximum atomic E-state index is 11.6. The summed E-state index contributed by atoms with van der Waals surface area (Å²) in [6.45, 7) is 1.27. The first-order chi connectivity index (χ1) is 8.22. The summed E-state index contributed by atoms with van der Waals surface area (Å²) in [5, 5.41) is 7.90. The summed E-state index contributed by atoms with van der Waals surface area (Å²) in [7, 11) is 0. The lowest BCUT2D eigenvalue weighted by molar-refractivity contribution is -0.128. The van der Waals surface area contributed by atoms with Crippen LogP contribution in [0.5, 0.6) is 0 Å². The molecule has 17 heavy (non-hydrogen) atoms. The summed E-state index contributed by atoms with van der Waals surface area (Å²) < 4.78 is 0. The number of halogens is 1. The molecule has 1 fully saturated rings. The molecule has 5 heteroatoms. The van der Waals surface area contributed by atoms with Gasteiger partial charge in [-0.05, 0) is 17.7 Å². The fraction of sp³-hybridized carbons (Fsp3) is 0.333. The van der Waals surface area contributed by atoms with E-state index in [2.05, 4.69) is 10.2 Å². The molecule has 2 aromatic rings. The number of benzene rings is 1. The molecule has 0 aliphatic carbocycles. The molecule has 0 bridgehead atoms. The predicted molar refractivity (Wildman–Crippen MR) is 65.8 cm³/mol. The van der Waals surface area contributed by atoms with Gasteiger partial charge in [-0.25, -0.2) is 0 Å². The summed E-state index contributed by atoms with van der Waals surface area (Å²) in [4.78, 5) is 13.4. The lowest BCUT2D eigenvalue weighted by Gasteiger charge is -2.15. The van der Waals surface area contributed by atoms with Crippen molar-refractivity contribution in [2.24, 2.45) is 0 Å². The van der Waals surface area contributed by atoms with Gasteiger partial charge in [0.25, 0.3) is 0 Å². The Morgan fingerprint density at radius 3 is 3.18 bits per heavy atom. The van der Waals surface area contributed by atoms with Crippen LogP contribution in [-0.2, 0) is 11.3 Å². The first-order valence-corrected chi connectivity index (χ1v) is 6.00. The van der Waals surface area contributed by atoms with E-state index in [0.29, 0.717) is 19.5 Å². The SMILES string of the molecule is O=C1CC(Cl)CN1Cc1ccc2[nH]ncc2c1. The highest BCUT2D eigenvalue weighted by Gasteiger charge is 2.27. The minimum atomic E-state index is -0.0415. The number of hydrogen-bond acceptors (Lipinski definition) is 2. The molecule has 1 aromatic carbocycles. The van der Waals surface area contributed by atoms with Gasteiger partial charge in [0.15, 0.2) is 0 Å². The molecule has 3 rings (SSSR count). The van der Waals surface area contributed by atoms with E-state index in [1.165, 1.54) is 0 Å². The van der Waals surface area contributed by atoms with E-state index in [0.717, 1.165) is 16.5 Å². The molecule has 88 valence electrons. The van der Waals surface area contributed by atoms with Crippen LogP contribution < -0.4 is 0 Å². The van der Waals surface area contributed by atoms with E-state index in [9.17, 15) is 4.79 Å². The molecule has 0 saturated carbocycles.